The number of aliphatic hydroxyl groups is 1. The van der Waals surface area contributed by atoms with Crippen molar-refractivity contribution < 1.29 is 13.5 Å². The molecule has 1 aromatic carbocycles. The van der Waals surface area contributed by atoms with E-state index in [0.717, 1.165) is 24.0 Å². The highest BCUT2D eigenvalue weighted by Gasteiger charge is 2.53. The Morgan fingerprint density at radius 2 is 1.73 bits per heavy atom. The van der Waals surface area contributed by atoms with E-state index in [4.69, 9.17) is 0 Å². The molecule has 2 atom stereocenters. The predicted octanol–water partition coefficient (Wildman–Crippen LogP) is 2.17. The Hall–Kier alpha value is -1.38. The number of hydrogen-bond acceptors (Lipinski definition) is 4. The molecule has 116 valence electrons. The van der Waals surface area contributed by atoms with Crippen LogP contribution in [0.25, 0.3) is 0 Å². The molecule has 0 radical (unpaired) electrons. The standard InChI is InChI=1S/C17H19NO3S/c18-11-16(6-7-16)12-2-1-3-13(8-12)17(19)9-14-4-5-15(10-17)22(14,20)21/h1-3,8,14-15,19H,4-7,9-10H2. The molecule has 1 saturated carbocycles. The molecule has 2 saturated heterocycles. The van der Waals surface area contributed by atoms with Crippen LogP contribution in [0.4, 0.5) is 0 Å². The summed E-state index contributed by atoms with van der Waals surface area (Å²) >= 11 is 0. The van der Waals surface area contributed by atoms with Crippen molar-refractivity contribution in [1.29, 1.82) is 5.26 Å². The first-order valence-electron chi connectivity index (χ1n) is 7.87. The summed E-state index contributed by atoms with van der Waals surface area (Å²) in [5.74, 6) is 0. The first-order chi connectivity index (χ1) is 10.4. The van der Waals surface area contributed by atoms with Gasteiger partial charge in [0, 0.05) is 0 Å². The van der Waals surface area contributed by atoms with Gasteiger partial charge in [-0.05, 0) is 49.7 Å². The lowest BCUT2D eigenvalue weighted by atomic mass is 9.83. The maximum absolute atomic E-state index is 12.2. The number of nitriles is 1. The smallest absolute Gasteiger partial charge is 0.156 e. The number of sulfone groups is 1. The summed E-state index contributed by atoms with van der Waals surface area (Å²) in [6.45, 7) is 0. The van der Waals surface area contributed by atoms with Crippen LogP contribution in [0.15, 0.2) is 24.3 Å². The van der Waals surface area contributed by atoms with Crippen molar-refractivity contribution in [3.8, 4) is 6.07 Å². The average molecular weight is 317 g/mol. The van der Waals surface area contributed by atoms with Crippen LogP contribution in [0.1, 0.15) is 49.7 Å². The van der Waals surface area contributed by atoms with Gasteiger partial charge in [0.2, 0.25) is 0 Å². The number of hydrogen-bond donors (Lipinski definition) is 1. The predicted molar refractivity (Wildman–Crippen MR) is 81.8 cm³/mol. The molecule has 2 aliphatic heterocycles. The summed E-state index contributed by atoms with van der Waals surface area (Å²) in [5.41, 5.74) is 0.283. The zero-order valence-electron chi connectivity index (χ0n) is 12.3. The van der Waals surface area contributed by atoms with Gasteiger partial charge in [-0.15, -0.1) is 0 Å². The van der Waals surface area contributed by atoms with Crippen LogP contribution in [-0.2, 0) is 20.9 Å². The normalized spacial score (nSPS) is 37.5. The van der Waals surface area contributed by atoms with Crippen LogP contribution in [0, 0.1) is 11.3 Å². The van der Waals surface area contributed by atoms with Crippen molar-refractivity contribution in [2.24, 2.45) is 0 Å². The first-order valence-corrected chi connectivity index (χ1v) is 9.48. The third kappa shape index (κ3) is 1.87. The van der Waals surface area contributed by atoms with Crippen molar-refractivity contribution in [2.75, 3.05) is 0 Å². The van der Waals surface area contributed by atoms with Gasteiger partial charge in [-0.1, -0.05) is 24.3 Å². The van der Waals surface area contributed by atoms with Crippen molar-refractivity contribution in [2.45, 2.75) is 60.0 Å². The number of rotatable bonds is 2. The van der Waals surface area contributed by atoms with E-state index in [1.807, 2.05) is 24.3 Å². The summed E-state index contributed by atoms with van der Waals surface area (Å²) in [5, 5.41) is 19.6. The number of nitrogens with zero attached hydrogens (tertiary/aromatic N) is 1. The minimum absolute atomic E-state index is 0.287. The lowest BCUT2D eigenvalue weighted by Gasteiger charge is -2.36. The molecule has 1 aromatic rings. The minimum atomic E-state index is -3.05. The molecule has 2 heterocycles. The molecule has 0 spiro atoms. The van der Waals surface area contributed by atoms with E-state index >= 15 is 0 Å². The molecule has 3 fully saturated rings. The molecule has 4 nitrogen and oxygen atoms in total. The molecule has 5 heteroatoms. The Kier molecular flexibility index (Phi) is 2.80. The van der Waals surface area contributed by atoms with Crippen molar-refractivity contribution >= 4 is 9.84 Å². The van der Waals surface area contributed by atoms with Gasteiger partial charge in [-0.3, -0.25) is 0 Å². The Labute approximate surface area is 130 Å². The molecule has 0 amide bonds. The summed E-state index contributed by atoms with van der Waals surface area (Å²) in [6.07, 6.45) is 3.63. The third-order valence-corrected chi connectivity index (χ3v) is 8.45. The Morgan fingerprint density at radius 1 is 1.14 bits per heavy atom. The zero-order chi connectivity index (χ0) is 15.6. The van der Waals surface area contributed by atoms with Crippen LogP contribution in [0.2, 0.25) is 0 Å². The topological polar surface area (TPSA) is 78.2 Å². The largest absolute Gasteiger partial charge is 0.385 e. The van der Waals surface area contributed by atoms with Crippen LogP contribution >= 0.6 is 0 Å². The molecule has 22 heavy (non-hydrogen) atoms. The lowest BCUT2D eigenvalue weighted by Crippen LogP contribution is -2.43. The second kappa shape index (κ2) is 4.33. The van der Waals surface area contributed by atoms with E-state index in [1.165, 1.54) is 0 Å². The van der Waals surface area contributed by atoms with Gasteiger partial charge in [0.25, 0.3) is 0 Å². The van der Waals surface area contributed by atoms with Gasteiger partial charge >= 0.3 is 0 Å². The molecule has 1 N–H and O–H groups in total. The second-order valence-corrected chi connectivity index (χ2v) is 9.64. The van der Waals surface area contributed by atoms with Gasteiger partial charge in [0.1, 0.15) is 0 Å². The minimum Gasteiger partial charge on any atom is -0.385 e. The van der Waals surface area contributed by atoms with Gasteiger partial charge < -0.3 is 5.11 Å². The van der Waals surface area contributed by atoms with Crippen LogP contribution < -0.4 is 0 Å². The fraction of sp³-hybridized carbons (Fsp3) is 0.588. The molecular weight excluding hydrogens is 298 g/mol. The van der Waals surface area contributed by atoms with Crippen molar-refractivity contribution in [3.63, 3.8) is 0 Å². The van der Waals surface area contributed by atoms with Gasteiger partial charge in [0.05, 0.1) is 27.6 Å². The fourth-order valence-electron chi connectivity index (χ4n) is 4.18. The van der Waals surface area contributed by atoms with E-state index in [2.05, 4.69) is 6.07 Å². The van der Waals surface area contributed by atoms with E-state index in [1.54, 1.807) is 0 Å². The molecule has 2 unspecified atom stereocenters. The van der Waals surface area contributed by atoms with Crippen molar-refractivity contribution in [3.05, 3.63) is 35.4 Å². The van der Waals surface area contributed by atoms with Gasteiger partial charge in [0.15, 0.2) is 9.84 Å². The third-order valence-electron chi connectivity index (χ3n) is 5.79. The highest BCUT2D eigenvalue weighted by Crippen LogP contribution is 2.50. The van der Waals surface area contributed by atoms with Crippen LogP contribution in [0.5, 0.6) is 0 Å². The van der Waals surface area contributed by atoms with E-state index in [-0.39, 0.29) is 18.3 Å². The summed E-state index contributed by atoms with van der Waals surface area (Å²) < 4.78 is 24.4. The van der Waals surface area contributed by atoms with E-state index < -0.39 is 25.9 Å². The molecule has 1 aliphatic carbocycles. The fourth-order valence-corrected chi connectivity index (χ4v) is 6.67. The summed E-state index contributed by atoms with van der Waals surface area (Å²) in [4.78, 5) is 0. The maximum Gasteiger partial charge on any atom is 0.156 e. The zero-order valence-corrected chi connectivity index (χ0v) is 13.1. The average Bonchev–Trinajstić information content (AvgIpc) is 3.27. The molecule has 2 bridgehead atoms. The second-order valence-electron chi connectivity index (χ2n) is 7.12. The van der Waals surface area contributed by atoms with Gasteiger partial charge in [-0.25, -0.2) is 8.42 Å². The van der Waals surface area contributed by atoms with E-state index in [0.29, 0.717) is 12.8 Å². The Morgan fingerprint density at radius 3 is 2.27 bits per heavy atom. The highest BCUT2D eigenvalue weighted by atomic mass is 32.2. The SMILES string of the molecule is N#CC1(c2cccc(C3(O)CC4CCC(C3)S4(=O)=O)c2)CC1. The van der Waals surface area contributed by atoms with Crippen LogP contribution in [0.3, 0.4) is 0 Å². The number of fused-ring (bicyclic) bond motifs is 2. The Bertz CT molecular complexity index is 753. The maximum atomic E-state index is 12.2. The Balaban J connectivity index is 1.71. The molecular formula is C17H19NO3S. The van der Waals surface area contributed by atoms with Gasteiger partial charge in [-0.2, -0.15) is 5.26 Å². The van der Waals surface area contributed by atoms with Crippen molar-refractivity contribution in [1.82, 2.24) is 0 Å². The summed E-state index contributed by atoms with van der Waals surface area (Å²) in [6, 6.07) is 9.99. The van der Waals surface area contributed by atoms with E-state index in [9.17, 15) is 18.8 Å². The number of benzene rings is 1. The quantitative estimate of drug-likeness (QED) is 0.906. The lowest BCUT2D eigenvalue weighted by molar-refractivity contribution is 0.0172. The monoisotopic (exact) mass is 317 g/mol. The molecule has 3 aliphatic rings. The highest BCUT2D eigenvalue weighted by molar-refractivity contribution is 7.93. The molecule has 0 aromatic heterocycles. The summed E-state index contributed by atoms with van der Waals surface area (Å²) in [7, 11) is -3.05. The van der Waals surface area contributed by atoms with Crippen LogP contribution in [-0.4, -0.2) is 24.0 Å². The molecule has 4 rings (SSSR count). The first kappa shape index (κ1) is 14.2.